The monoisotopic (exact) mass is 413 g/mol. The number of anilines is 1. The first-order valence-electron chi connectivity index (χ1n) is 9.01. The molecule has 0 fully saturated rings. The van der Waals surface area contributed by atoms with Crippen molar-refractivity contribution in [3.05, 3.63) is 46.7 Å². The van der Waals surface area contributed by atoms with Gasteiger partial charge in [0.15, 0.2) is 10.6 Å². The highest BCUT2D eigenvalue weighted by Gasteiger charge is 2.18. The molecular weight excluding hydrogens is 390 g/mol. The summed E-state index contributed by atoms with van der Waals surface area (Å²) in [7, 11) is 3.33. The van der Waals surface area contributed by atoms with Crippen LogP contribution in [-0.2, 0) is 0 Å². The Labute approximate surface area is 173 Å². The molecule has 8 nitrogen and oxygen atoms in total. The summed E-state index contributed by atoms with van der Waals surface area (Å²) >= 11 is 5.38. The Morgan fingerprint density at radius 1 is 1.17 bits per heavy atom. The normalized spacial score (nSPS) is 10.9. The maximum Gasteiger partial charge on any atom is 0.321 e. The van der Waals surface area contributed by atoms with Crippen LogP contribution in [-0.4, -0.2) is 50.0 Å². The van der Waals surface area contributed by atoms with Gasteiger partial charge in [-0.15, -0.1) is 0 Å². The van der Waals surface area contributed by atoms with E-state index in [1.165, 1.54) is 11.0 Å². The van der Waals surface area contributed by atoms with Gasteiger partial charge in [0.25, 0.3) is 0 Å². The number of amides is 2. The van der Waals surface area contributed by atoms with E-state index in [0.29, 0.717) is 33.1 Å². The molecule has 0 spiro atoms. The van der Waals surface area contributed by atoms with Crippen molar-refractivity contribution in [1.82, 2.24) is 19.7 Å². The molecule has 0 saturated heterocycles. The summed E-state index contributed by atoms with van der Waals surface area (Å²) in [4.78, 5) is 13.2. The molecule has 0 bridgehead atoms. The number of phenolic OH excluding ortho intramolecular Hbond substituents is 2. The quantitative estimate of drug-likeness (QED) is 0.479. The van der Waals surface area contributed by atoms with Crippen molar-refractivity contribution >= 4 is 23.9 Å². The van der Waals surface area contributed by atoms with E-state index in [-0.39, 0.29) is 23.4 Å². The summed E-state index contributed by atoms with van der Waals surface area (Å²) in [6.45, 7) is 3.90. The van der Waals surface area contributed by atoms with E-state index in [4.69, 9.17) is 12.2 Å². The molecule has 0 aliphatic heterocycles. The molecule has 9 heteroatoms. The molecule has 1 heterocycles. The van der Waals surface area contributed by atoms with Crippen LogP contribution < -0.4 is 5.32 Å². The highest BCUT2D eigenvalue weighted by molar-refractivity contribution is 7.71. The summed E-state index contributed by atoms with van der Waals surface area (Å²) in [5, 5.41) is 30.3. The molecule has 1 aromatic heterocycles. The average Bonchev–Trinajstić information content (AvgIpc) is 3.03. The molecule has 0 unspecified atom stereocenters. The highest BCUT2D eigenvalue weighted by Crippen LogP contribution is 2.37. The highest BCUT2D eigenvalue weighted by atomic mass is 32.1. The number of carbonyl (C=O) groups excluding carboxylic acids is 1. The van der Waals surface area contributed by atoms with Crippen LogP contribution >= 0.6 is 12.2 Å². The molecule has 4 N–H and O–H groups in total. The van der Waals surface area contributed by atoms with Crippen LogP contribution in [0.1, 0.15) is 25.3 Å². The van der Waals surface area contributed by atoms with Gasteiger partial charge in [-0.2, -0.15) is 5.10 Å². The van der Waals surface area contributed by atoms with Crippen LogP contribution in [0.2, 0.25) is 0 Å². The predicted octanol–water partition coefficient (Wildman–Crippen LogP) is 4.22. The number of rotatable bonds is 4. The Morgan fingerprint density at radius 3 is 2.41 bits per heavy atom. The second-order valence-electron chi connectivity index (χ2n) is 7.14. The first-order chi connectivity index (χ1) is 13.7. The van der Waals surface area contributed by atoms with Gasteiger partial charge in [-0.1, -0.05) is 13.8 Å². The third-order valence-electron chi connectivity index (χ3n) is 4.46. The van der Waals surface area contributed by atoms with Crippen LogP contribution in [0.4, 0.5) is 10.5 Å². The molecule has 152 valence electrons. The molecule has 29 heavy (non-hydrogen) atoms. The van der Waals surface area contributed by atoms with E-state index in [1.807, 2.05) is 13.8 Å². The van der Waals surface area contributed by atoms with Gasteiger partial charge < -0.3 is 20.4 Å². The topological polar surface area (TPSA) is 106 Å². The van der Waals surface area contributed by atoms with Crippen molar-refractivity contribution in [2.75, 3.05) is 19.4 Å². The van der Waals surface area contributed by atoms with Crippen molar-refractivity contribution in [2.24, 2.45) is 0 Å². The fourth-order valence-corrected chi connectivity index (χ4v) is 3.12. The maximum absolute atomic E-state index is 11.8. The Kier molecular flexibility index (Phi) is 5.60. The lowest BCUT2D eigenvalue weighted by Gasteiger charge is -2.14. The van der Waals surface area contributed by atoms with Crippen LogP contribution in [0, 0.1) is 4.77 Å². The zero-order valence-electron chi connectivity index (χ0n) is 16.6. The smallest absolute Gasteiger partial charge is 0.321 e. The van der Waals surface area contributed by atoms with Crippen LogP contribution in [0.5, 0.6) is 11.5 Å². The second-order valence-corrected chi connectivity index (χ2v) is 7.53. The van der Waals surface area contributed by atoms with Gasteiger partial charge in [0.2, 0.25) is 0 Å². The summed E-state index contributed by atoms with van der Waals surface area (Å²) in [6, 6.07) is 9.89. The fourth-order valence-electron chi connectivity index (χ4n) is 2.88. The third-order valence-corrected chi connectivity index (χ3v) is 4.74. The van der Waals surface area contributed by atoms with Gasteiger partial charge in [-0.3, -0.25) is 9.67 Å². The number of aromatic amines is 1. The number of aromatic nitrogens is 3. The summed E-state index contributed by atoms with van der Waals surface area (Å²) in [5.74, 6) is 0.406. The Morgan fingerprint density at radius 2 is 1.83 bits per heavy atom. The number of carbonyl (C=O) groups is 1. The van der Waals surface area contributed by atoms with E-state index in [0.717, 1.165) is 0 Å². The number of aromatic hydroxyl groups is 2. The Hall–Kier alpha value is -3.33. The van der Waals surface area contributed by atoms with E-state index in [2.05, 4.69) is 15.5 Å². The van der Waals surface area contributed by atoms with Gasteiger partial charge in [0.05, 0.1) is 11.3 Å². The molecule has 3 rings (SSSR count). The van der Waals surface area contributed by atoms with E-state index >= 15 is 0 Å². The minimum absolute atomic E-state index is 0.0305. The van der Waals surface area contributed by atoms with Crippen LogP contribution in [0.3, 0.4) is 0 Å². The van der Waals surface area contributed by atoms with Gasteiger partial charge in [-0.05, 0) is 54.0 Å². The first-order valence-corrected chi connectivity index (χ1v) is 9.42. The van der Waals surface area contributed by atoms with Gasteiger partial charge >= 0.3 is 6.03 Å². The summed E-state index contributed by atoms with van der Waals surface area (Å²) in [6.07, 6.45) is 0. The first kappa shape index (κ1) is 20.4. The molecule has 0 aliphatic rings. The van der Waals surface area contributed by atoms with Crippen molar-refractivity contribution in [3.63, 3.8) is 0 Å². The molecule has 3 aromatic rings. The van der Waals surface area contributed by atoms with Crippen molar-refractivity contribution < 1.29 is 15.0 Å². The lowest BCUT2D eigenvalue weighted by molar-refractivity contribution is 0.230. The molecule has 2 aromatic carbocycles. The number of nitrogens with one attached hydrogen (secondary N) is 2. The number of nitrogens with zero attached hydrogens (tertiary/aromatic N) is 3. The predicted molar refractivity (Wildman–Crippen MR) is 114 cm³/mol. The van der Waals surface area contributed by atoms with E-state index in [9.17, 15) is 15.0 Å². The molecule has 0 saturated carbocycles. The summed E-state index contributed by atoms with van der Waals surface area (Å²) in [5.41, 5.74) is 2.49. The number of hydrogen-bond donors (Lipinski definition) is 4. The van der Waals surface area contributed by atoms with Crippen LogP contribution in [0.15, 0.2) is 36.4 Å². The Bertz CT molecular complexity index is 1100. The Balaban J connectivity index is 2.05. The minimum atomic E-state index is -0.228. The molecule has 0 radical (unpaired) electrons. The van der Waals surface area contributed by atoms with Gasteiger partial charge in [0.1, 0.15) is 11.5 Å². The van der Waals surface area contributed by atoms with Crippen molar-refractivity contribution in [3.8, 4) is 28.6 Å². The van der Waals surface area contributed by atoms with Gasteiger partial charge in [-0.25, -0.2) is 4.79 Å². The van der Waals surface area contributed by atoms with E-state index in [1.54, 1.807) is 49.0 Å². The number of hydrogen-bond acceptors (Lipinski definition) is 5. The van der Waals surface area contributed by atoms with E-state index < -0.39 is 0 Å². The molecular formula is C20H23N5O3S. The SMILES string of the molecule is CC(C)c1cc(-c2n[nH]c(=S)n2-c2ccc(NC(=O)N(C)C)cc2)c(O)cc1O. The molecule has 0 aliphatic carbocycles. The lowest BCUT2D eigenvalue weighted by Crippen LogP contribution is -2.27. The molecule has 2 amide bonds. The average molecular weight is 414 g/mol. The van der Waals surface area contributed by atoms with Crippen molar-refractivity contribution in [2.45, 2.75) is 19.8 Å². The minimum Gasteiger partial charge on any atom is -0.508 e. The number of benzene rings is 2. The summed E-state index contributed by atoms with van der Waals surface area (Å²) < 4.78 is 2.03. The van der Waals surface area contributed by atoms with Crippen molar-refractivity contribution in [1.29, 1.82) is 0 Å². The standard InChI is InChI=1S/C20H23N5O3S/c1-11(2)14-9-15(17(27)10-16(14)26)18-22-23-20(29)25(18)13-7-5-12(6-8-13)21-19(28)24(3)4/h5-11,26-27H,1-4H3,(H,21,28)(H,23,29). The maximum atomic E-state index is 11.8. The largest absolute Gasteiger partial charge is 0.508 e. The molecule has 0 atom stereocenters. The zero-order valence-corrected chi connectivity index (χ0v) is 17.4. The number of urea groups is 1. The zero-order chi connectivity index (χ0) is 21.3. The number of H-pyrrole nitrogens is 1. The van der Waals surface area contributed by atoms with Crippen LogP contribution in [0.25, 0.3) is 17.1 Å². The lowest BCUT2D eigenvalue weighted by atomic mass is 9.98. The third kappa shape index (κ3) is 4.09. The van der Waals surface area contributed by atoms with Gasteiger partial charge in [0, 0.05) is 25.8 Å². The second kappa shape index (κ2) is 7.96. The fraction of sp³-hybridized carbons (Fsp3) is 0.250. The number of phenols is 2.